The average Bonchev–Trinajstić information content (AvgIpc) is 3.40. The van der Waals surface area contributed by atoms with Gasteiger partial charge in [0, 0.05) is 44.2 Å². The summed E-state index contributed by atoms with van der Waals surface area (Å²) in [6.45, 7) is 6.62. The lowest BCUT2D eigenvalue weighted by Gasteiger charge is -2.41. The minimum absolute atomic E-state index is 0.0288. The number of amides is 1. The van der Waals surface area contributed by atoms with E-state index >= 15 is 0 Å². The molecule has 4 aliphatic heterocycles. The lowest BCUT2D eigenvalue weighted by molar-refractivity contribution is -0.171. The molecule has 8 heteroatoms. The molecule has 0 spiro atoms. The quantitative estimate of drug-likeness (QED) is 0.584. The first-order chi connectivity index (χ1) is 17.7. The smallest absolute Gasteiger partial charge is 0.288 e. The second-order valence-corrected chi connectivity index (χ2v) is 10.3. The third-order valence-corrected chi connectivity index (χ3v) is 8.06. The second-order valence-electron chi connectivity index (χ2n) is 10.3. The number of allylic oxidation sites excluding steroid dienone is 1. The Morgan fingerprint density at radius 1 is 1.08 bits per heavy atom. The number of fused-ring (bicyclic) bond motifs is 1. The highest BCUT2D eigenvalue weighted by atomic mass is 16.7. The van der Waals surface area contributed by atoms with Crippen LogP contribution in [0.4, 0.5) is 0 Å². The minimum Gasteiger partial charge on any atom is -0.459 e. The van der Waals surface area contributed by atoms with E-state index in [2.05, 4.69) is 4.90 Å². The van der Waals surface area contributed by atoms with E-state index in [1.165, 1.54) is 32.4 Å². The standard InChI is InChI=1S/C28H40N2O6/c1-2-33-28-22(7-6-16-31)23(20-8-9-24-25(17-20)35-19-34-24)18-26(36-28)27(32)30-14-10-21(11-15-30)29-12-4-3-5-13-29/h8-9,17-18,21-23,28,31H,2-7,10-16,19H2,1H3/t22-,23-,28-/m0/s1. The number of aliphatic hydroxyl groups is 1. The number of aliphatic hydroxyl groups excluding tert-OH is 1. The fourth-order valence-corrected chi connectivity index (χ4v) is 6.13. The summed E-state index contributed by atoms with van der Waals surface area (Å²) < 4.78 is 23.4. The third kappa shape index (κ3) is 5.50. The number of carbonyl (C=O) groups excluding carboxylic acids is 1. The van der Waals surface area contributed by atoms with Crippen molar-refractivity contribution in [3.8, 4) is 11.5 Å². The van der Waals surface area contributed by atoms with Gasteiger partial charge in [0.05, 0.1) is 0 Å². The van der Waals surface area contributed by atoms with E-state index in [1.54, 1.807) is 0 Å². The number of likely N-dealkylation sites (tertiary alicyclic amines) is 2. The summed E-state index contributed by atoms with van der Waals surface area (Å²) >= 11 is 0. The molecule has 0 unspecified atom stereocenters. The summed E-state index contributed by atoms with van der Waals surface area (Å²) in [4.78, 5) is 18.2. The Bertz CT molecular complexity index is 923. The van der Waals surface area contributed by atoms with Crippen molar-refractivity contribution >= 4 is 5.91 Å². The normalized spacial score (nSPS) is 27.0. The molecule has 1 aromatic carbocycles. The first-order valence-corrected chi connectivity index (χ1v) is 13.7. The van der Waals surface area contributed by atoms with Crippen molar-refractivity contribution in [2.45, 2.75) is 70.1 Å². The maximum absolute atomic E-state index is 13.6. The molecular formula is C28H40N2O6. The Morgan fingerprint density at radius 3 is 2.61 bits per heavy atom. The first kappa shape index (κ1) is 25.4. The summed E-state index contributed by atoms with van der Waals surface area (Å²) in [5, 5.41) is 9.52. The minimum atomic E-state index is -0.549. The number of piperidine rings is 2. The van der Waals surface area contributed by atoms with E-state index in [-0.39, 0.29) is 31.1 Å². The summed E-state index contributed by atoms with van der Waals surface area (Å²) in [5.74, 6) is 1.64. The van der Waals surface area contributed by atoms with Gasteiger partial charge in [-0.3, -0.25) is 4.79 Å². The summed E-state index contributed by atoms with van der Waals surface area (Å²) in [5.41, 5.74) is 1.03. The molecule has 0 saturated carbocycles. The summed E-state index contributed by atoms with van der Waals surface area (Å²) in [6.07, 6.45) is 8.72. The van der Waals surface area contributed by atoms with Crippen LogP contribution in [0.2, 0.25) is 0 Å². The van der Waals surface area contributed by atoms with Crippen LogP contribution < -0.4 is 9.47 Å². The van der Waals surface area contributed by atoms with Crippen molar-refractivity contribution in [2.75, 3.05) is 46.2 Å². The molecule has 5 rings (SSSR count). The third-order valence-electron chi connectivity index (χ3n) is 8.06. The molecule has 0 radical (unpaired) electrons. The van der Waals surface area contributed by atoms with Crippen LogP contribution in [-0.4, -0.2) is 79.3 Å². The van der Waals surface area contributed by atoms with Crippen LogP contribution >= 0.6 is 0 Å². The van der Waals surface area contributed by atoms with Gasteiger partial charge in [0.25, 0.3) is 5.91 Å². The largest absolute Gasteiger partial charge is 0.459 e. The highest BCUT2D eigenvalue weighted by molar-refractivity contribution is 5.92. The van der Waals surface area contributed by atoms with Crippen LogP contribution in [0.5, 0.6) is 11.5 Å². The van der Waals surface area contributed by atoms with Gasteiger partial charge in [0.1, 0.15) is 0 Å². The first-order valence-electron chi connectivity index (χ1n) is 13.7. The number of rotatable bonds is 8. The zero-order valence-corrected chi connectivity index (χ0v) is 21.4. The van der Waals surface area contributed by atoms with E-state index in [4.69, 9.17) is 18.9 Å². The Morgan fingerprint density at radius 2 is 1.86 bits per heavy atom. The van der Waals surface area contributed by atoms with Gasteiger partial charge in [-0.05, 0) is 82.3 Å². The lowest BCUT2D eigenvalue weighted by Crippen LogP contribution is -2.49. The van der Waals surface area contributed by atoms with Crippen molar-refractivity contribution in [1.82, 2.24) is 9.80 Å². The van der Waals surface area contributed by atoms with E-state index < -0.39 is 6.29 Å². The number of ether oxygens (including phenoxy) is 4. The number of nitrogens with zero attached hydrogens (tertiary/aromatic N) is 2. The number of carbonyl (C=O) groups is 1. The van der Waals surface area contributed by atoms with Crippen molar-refractivity contribution in [3.63, 3.8) is 0 Å². The zero-order valence-electron chi connectivity index (χ0n) is 21.4. The predicted octanol–water partition coefficient (Wildman–Crippen LogP) is 3.64. The monoisotopic (exact) mass is 500 g/mol. The second kappa shape index (κ2) is 11.8. The maximum Gasteiger partial charge on any atom is 0.288 e. The van der Waals surface area contributed by atoms with E-state index in [0.717, 1.165) is 43.7 Å². The van der Waals surface area contributed by atoms with Crippen molar-refractivity contribution in [3.05, 3.63) is 35.6 Å². The van der Waals surface area contributed by atoms with Crippen LogP contribution in [0, 0.1) is 5.92 Å². The van der Waals surface area contributed by atoms with Gasteiger partial charge in [0.15, 0.2) is 17.3 Å². The number of benzene rings is 1. The highest BCUT2D eigenvalue weighted by Gasteiger charge is 2.40. The average molecular weight is 501 g/mol. The van der Waals surface area contributed by atoms with Gasteiger partial charge in [-0.1, -0.05) is 12.5 Å². The molecule has 2 saturated heterocycles. The summed E-state index contributed by atoms with van der Waals surface area (Å²) in [6, 6.07) is 6.53. The zero-order chi connectivity index (χ0) is 24.9. The van der Waals surface area contributed by atoms with Crippen LogP contribution in [0.3, 0.4) is 0 Å². The molecule has 8 nitrogen and oxygen atoms in total. The molecule has 0 bridgehead atoms. The van der Waals surface area contributed by atoms with Crippen LogP contribution in [-0.2, 0) is 14.3 Å². The highest BCUT2D eigenvalue weighted by Crippen LogP contribution is 2.43. The van der Waals surface area contributed by atoms with Crippen LogP contribution in [0.1, 0.15) is 63.4 Å². The van der Waals surface area contributed by atoms with Crippen LogP contribution in [0.15, 0.2) is 30.0 Å². The van der Waals surface area contributed by atoms with Crippen LogP contribution in [0.25, 0.3) is 0 Å². The SMILES string of the molecule is CCO[C@H]1OC(C(=O)N2CCC(N3CCCCC3)CC2)=C[C@@H](c2ccc3c(c2)OCO3)[C@@H]1CCCO. The molecule has 4 heterocycles. The Hall–Kier alpha value is -2.29. The lowest BCUT2D eigenvalue weighted by atomic mass is 9.80. The molecular weight excluding hydrogens is 460 g/mol. The van der Waals surface area contributed by atoms with Gasteiger partial charge in [-0.2, -0.15) is 0 Å². The molecule has 1 aromatic rings. The number of hydrogen-bond acceptors (Lipinski definition) is 7. The van der Waals surface area contributed by atoms with E-state index in [9.17, 15) is 9.90 Å². The van der Waals surface area contributed by atoms with Crippen molar-refractivity contribution in [2.24, 2.45) is 5.92 Å². The molecule has 36 heavy (non-hydrogen) atoms. The van der Waals surface area contributed by atoms with Gasteiger partial charge >= 0.3 is 0 Å². The van der Waals surface area contributed by atoms with Gasteiger partial charge in [-0.25, -0.2) is 0 Å². The molecule has 3 atom stereocenters. The van der Waals surface area contributed by atoms with Crippen molar-refractivity contribution < 1.29 is 28.8 Å². The number of hydrogen-bond donors (Lipinski definition) is 1. The maximum atomic E-state index is 13.6. The van der Waals surface area contributed by atoms with Crippen molar-refractivity contribution in [1.29, 1.82) is 0 Å². The van der Waals surface area contributed by atoms with E-state index in [0.29, 0.717) is 30.6 Å². The molecule has 2 fully saturated rings. The Balaban J connectivity index is 1.35. The topological polar surface area (TPSA) is 80.7 Å². The fraction of sp³-hybridized carbons (Fsp3) is 0.679. The van der Waals surface area contributed by atoms with E-state index in [1.807, 2.05) is 36.1 Å². The summed E-state index contributed by atoms with van der Waals surface area (Å²) in [7, 11) is 0. The Labute approximate surface area is 214 Å². The van der Waals surface area contributed by atoms with Gasteiger partial charge in [0.2, 0.25) is 13.1 Å². The molecule has 1 amide bonds. The fourth-order valence-electron chi connectivity index (χ4n) is 6.13. The Kier molecular flexibility index (Phi) is 8.34. The van der Waals surface area contributed by atoms with Gasteiger partial charge in [-0.15, -0.1) is 0 Å². The van der Waals surface area contributed by atoms with Gasteiger partial charge < -0.3 is 33.9 Å². The molecule has 1 N–H and O–H groups in total. The predicted molar refractivity (Wildman–Crippen MR) is 135 cm³/mol. The molecule has 0 aliphatic carbocycles. The molecule has 198 valence electrons. The molecule has 0 aromatic heterocycles. The molecule has 4 aliphatic rings.